The fourth-order valence-electron chi connectivity index (χ4n) is 3.02. The zero-order valence-corrected chi connectivity index (χ0v) is 20.0. The van der Waals surface area contributed by atoms with Crippen LogP contribution in [0.15, 0.2) is 53.7 Å². The SMILES string of the molecule is COC(=O)C(CCSCc1cccnc1)N(CC(C)C)S(=O)(=O)c1ccc(OC)cc1. The normalized spacial score (nSPS) is 12.7. The highest BCUT2D eigenvalue weighted by molar-refractivity contribution is 7.98. The van der Waals surface area contributed by atoms with E-state index < -0.39 is 22.0 Å². The number of hydrogen-bond acceptors (Lipinski definition) is 7. The third-order valence-corrected chi connectivity index (χ3v) is 7.51. The van der Waals surface area contributed by atoms with Crippen LogP contribution in [0, 0.1) is 5.92 Å². The van der Waals surface area contributed by atoms with Crippen molar-refractivity contribution in [2.45, 2.75) is 37.0 Å². The summed E-state index contributed by atoms with van der Waals surface area (Å²) in [5.74, 6) is 1.37. The lowest BCUT2D eigenvalue weighted by Gasteiger charge is -2.30. The van der Waals surface area contributed by atoms with Crippen molar-refractivity contribution in [3.63, 3.8) is 0 Å². The van der Waals surface area contributed by atoms with E-state index in [1.165, 1.54) is 30.7 Å². The summed E-state index contributed by atoms with van der Waals surface area (Å²) in [7, 11) is -1.10. The minimum Gasteiger partial charge on any atom is -0.497 e. The van der Waals surface area contributed by atoms with Crippen LogP contribution < -0.4 is 4.74 Å². The summed E-state index contributed by atoms with van der Waals surface area (Å²) in [6.07, 6.45) is 3.86. The molecule has 0 bridgehead atoms. The lowest BCUT2D eigenvalue weighted by Crippen LogP contribution is -2.47. The molecule has 1 heterocycles. The predicted octanol–water partition coefficient (Wildman–Crippen LogP) is 3.60. The molecule has 1 unspecified atom stereocenters. The molecule has 0 N–H and O–H groups in total. The number of pyridine rings is 1. The molecular weight excluding hydrogens is 436 g/mol. The van der Waals surface area contributed by atoms with Gasteiger partial charge in [0.2, 0.25) is 10.0 Å². The van der Waals surface area contributed by atoms with Gasteiger partial charge in [-0.3, -0.25) is 9.78 Å². The van der Waals surface area contributed by atoms with E-state index in [-0.39, 0.29) is 17.4 Å². The van der Waals surface area contributed by atoms with Gasteiger partial charge in [-0.1, -0.05) is 19.9 Å². The quantitative estimate of drug-likeness (QED) is 0.349. The summed E-state index contributed by atoms with van der Waals surface area (Å²) in [4.78, 5) is 16.8. The Balaban J connectivity index is 2.22. The van der Waals surface area contributed by atoms with E-state index in [0.717, 1.165) is 11.3 Å². The molecule has 2 aromatic rings. The molecule has 1 atom stereocenters. The molecule has 9 heteroatoms. The molecule has 0 amide bonds. The van der Waals surface area contributed by atoms with E-state index in [4.69, 9.17) is 9.47 Å². The summed E-state index contributed by atoms with van der Waals surface area (Å²) in [6, 6.07) is 9.13. The average Bonchev–Trinajstić information content (AvgIpc) is 2.78. The van der Waals surface area contributed by atoms with Gasteiger partial charge in [-0.2, -0.15) is 16.1 Å². The van der Waals surface area contributed by atoms with Gasteiger partial charge in [0.05, 0.1) is 19.1 Å². The maximum atomic E-state index is 13.4. The number of thioether (sulfide) groups is 1. The Morgan fingerprint density at radius 3 is 2.42 bits per heavy atom. The molecule has 2 rings (SSSR count). The van der Waals surface area contributed by atoms with E-state index in [2.05, 4.69) is 4.98 Å². The third kappa shape index (κ3) is 7.22. The molecule has 1 aromatic heterocycles. The first-order valence-corrected chi connectivity index (χ1v) is 12.6. The highest BCUT2D eigenvalue weighted by Crippen LogP contribution is 2.25. The first-order chi connectivity index (χ1) is 14.8. The summed E-state index contributed by atoms with van der Waals surface area (Å²) in [6.45, 7) is 4.05. The number of carbonyl (C=O) groups excluding carboxylic acids is 1. The maximum Gasteiger partial charge on any atom is 0.324 e. The Kier molecular flexibility index (Phi) is 9.80. The van der Waals surface area contributed by atoms with E-state index in [1.807, 2.05) is 26.0 Å². The molecule has 0 saturated carbocycles. The number of benzene rings is 1. The molecule has 0 fully saturated rings. The smallest absolute Gasteiger partial charge is 0.324 e. The lowest BCUT2D eigenvalue weighted by atomic mass is 10.1. The van der Waals surface area contributed by atoms with Gasteiger partial charge in [-0.15, -0.1) is 0 Å². The number of ether oxygens (including phenoxy) is 2. The Morgan fingerprint density at radius 2 is 1.87 bits per heavy atom. The van der Waals surface area contributed by atoms with Crippen LogP contribution >= 0.6 is 11.8 Å². The lowest BCUT2D eigenvalue weighted by molar-refractivity contribution is -0.145. The van der Waals surface area contributed by atoms with Crippen molar-refractivity contribution in [1.29, 1.82) is 0 Å². The van der Waals surface area contributed by atoms with Crippen molar-refractivity contribution in [3.8, 4) is 5.75 Å². The first kappa shape index (κ1) is 25.2. The molecule has 0 saturated heterocycles. The summed E-state index contributed by atoms with van der Waals surface area (Å²) in [5.41, 5.74) is 1.08. The zero-order valence-electron chi connectivity index (χ0n) is 18.4. The van der Waals surface area contributed by atoms with Gasteiger partial charge >= 0.3 is 5.97 Å². The topological polar surface area (TPSA) is 85.8 Å². The molecule has 0 radical (unpaired) electrons. The standard InChI is InChI=1S/C22H30N2O5S2/c1-17(2)15-24(31(26,27)20-9-7-19(28-3)8-10-20)21(22(25)29-4)11-13-30-16-18-6-5-12-23-14-18/h5-10,12,14,17,21H,11,13,15-16H2,1-4H3. The fourth-order valence-corrected chi connectivity index (χ4v) is 5.73. The van der Waals surface area contributed by atoms with Crippen LogP contribution in [0.5, 0.6) is 5.75 Å². The van der Waals surface area contributed by atoms with Gasteiger partial charge in [0.25, 0.3) is 0 Å². The highest BCUT2D eigenvalue weighted by atomic mass is 32.2. The molecule has 170 valence electrons. The predicted molar refractivity (Wildman–Crippen MR) is 123 cm³/mol. The number of hydrogen-bond donors (Lipinski definition) is 0. The van der Waals surface area contributed by atoms with Crippen molar-refractivity contribution in [1.82, 2.24) is 9.29 Å². The van der Waals surface area contributed by atoms with Crippen LogP contribution in [-0.4, -0.2) is 56.2 Å². The number of sulfonamides is 1. The number of carbonyl (C=O) groups is 1. The highest BCUT2D eigenvalue weighted by Gasteiger charge is 2.36. The largest absolute Gasteiger partial charge is 0.497 e. The fraction of sp³-hybridized carbons (Fsp3) is 0.455. The molecule has 0 aliphatic carbocycles. The van der Waals surface area contributed by atoms with Crippen LogP contribution in [0.3, 0.4) is 0 Å². The Morgan fingerprint density at radius 1 is 1.16 bits per heavy atom. The average molecular weight is 467 g/mol. The molecule has 31 heavy (non-hydrogen) atoms. The molecule has 0 spiro atoms. The minimum atomic E-state index is -3.91. The van der Waals surface area contributed by atoms with Crippen LogP contribution in [0.2, 0.25) is 0 Å². The number of aromatic nitrogens is 1. The first-order valence-electron chi connectivity index (χ1n) is 10.00. The Labute approximate surface area is 189 Å². The van der Waals surface area contributed by atoms with Crippen molar-refractivity contribution < 1.29 is 22.7 Å². The van der Waals surface area contributed by atoms with Gasteiger partial charge in [-0.05, 0) is 54.0 Å². The number of nitrogens with zero attached hydrogens (tertiary/aromatic N) is 2. The Hall–Kier alpha value is -2.10. The van der Waals surface area contributed by atoms with E-state index in [1.54, 1.807) is 36.3 Å². The Bertz CT molecular complexity index is 919. The maximum absolute atomic E-state index is 13.4. The van der Waals surface area contributed by atoms with Gasteiger partial charge in [0.1, 0.15) is 11.8 Å². The van der Waals surface area contributed by atoms with Crippen molar-refractivity contribution >= 4 is 27.8 Å². The second-order valence-electron chi connectivity index (χ2n) is 7.39. The molecule has 7 nitrogen and oxygen atoms in total. The second-order valence-corrected chi connectivity index (χ2v) is 10.4. The number of rotatable bonds is 12. The molecular formula is C22H30N2O5S2. The van der Waals surface area contributed by atoms with Crippen LogP contribution in [0.4, 0.5) is 0 Å². The van der Waals surface area contributed by atoms with E-state index >= 15 is 0 Å². The monoisotopic (exact) mass is 466 g/mol. The zero-order chi connectivity index (χ0) is 22.9. The van der Waals surface area contributed by atoms with Crippen LogP contribution in [-0.2, 0) is 25.3 Å². The van der Waals surface area contributed by atoms with Crippen LogP contribution in [0.25, 0.3) is 0 Å². The minimum absolute atomic E-state index is 0.0308. The summed E-state index contributed by atoms with van der Waals surface area (Å²) in [5, 5.41) is 0. The van der Waals surface area contributed by atoms with Gasteiger partial charge in [0.15, 0.2) is 0 Å². The van der Waals surface area contributed by atoms with Gasteiger partial charge < -0.3 is 9.47 Å². The van der Waals surface area contributed by atoms with Crippen LogP contribution in [0.1, 0.15) is 25.8 Å². The molecule has 0 aliphatic rings. The number of esters is 1. The van der Waals surface area contributed by atoms with E-state index in [9.17, 15) is 13.2 Å². The van der Waals surface area contributed by atoms with Gasteiger partial charge in [-0.25, -0.2) is 8.42 Å². The second kappa shape index (κ2) is 12.1. The van der Waals surface area contributed by atoms with E-state index in [0.29, 0.717) is 17.9 Å². The van der Waals surface area contributed by atoms with Gasteiger partial charge in [0, 0.05) is 24.7 Å². The third-order valence-electron chi connectivity index (χ3n) is 4.56. The molecule has 1 aromatic carbocycles. The summed E-state index contributed by atoms with van der Waals surface area (Å²) < 4.78 is 38.3. The van der Waals surface area contributed by atoms with Crippen molar-refractivity contribution in [2.75, 3.05) is 26.5 Å². The van der Waals surface area contributed by atoms with Crippen molar-refractivity contribution in [3.05, 3.63) is 54.4 Å². The molecule has 0 aliphatic heterocycles. The summed E-state index contributed by atoms with van der Waals surface area (Å²) >= 11 is 1.62. The number of methoxy groups -OCH3 is 2. The van der Waals surface area contributed by atoms with Crippen molar-refractivity contribution in [2.24, 2.45) is 5.92 Å².